The van der Waals surface area contributed by atoms with Gasteiger partial charge in [0.2, 0.25) is 0 Å². The van der Waals surface area contributed by atoms with Crippen molar-refractivity contribution >= 4 is 38.3 Å². The minimum atomic E-state index is -4.38. The molecule has 2 aliphatic heterocycles. The molecule has 0 spiro atoms. The average molecular weight is 518 g/mol. The number of nitrogens with zero attached hydrogens (tertiary/aromatic N) is 6. The van der Waals surface area contributed by atoms with Crippen LogP contribution in [-0.4, -0.2) is 88.6 Å². The normalized spacial score (nSPS) is 19.4. The van der Waals surface area contributed by atoms with Gasteiger partial charge in [-0.3, -0.25) is 14.9 Å². The SMILES string of the molecule is FC(F)(F)C(c1cccc2[nH]ncc12)N1CCN(Cc2cc3ncnc(N4CCOCC4)c3s2)CC1. The third-order valence-corrected chi connectivity index (χ3v) is 8.03. The fourth-order valence-corrected chi connectivity index (χ4v) is 6.35. The molecule has 190 valence electrons. The highest BCUT2D eigenvalue weighted by Crippen LogP contribution is 2.41. The van der Waals surface area contributed by atoms with E-state index in [0.29, 0.717) is 56.8 Å². The molecule has 36 heavy (non-hydrogen) atoms. The van der Waals surface area contributed by atoms with Crippen LogP contribution in [0.3, 0.4) is 0 Å². The molecular weight excluding hydrogens is 491 g/mol. The Hall–Kier alpha value is -2.80. The maximum Gasteiger partial charge on any atom is 0.408 e. The van der Waals surface area contributed by atoms with Crippen molar-refractivity contribution in [3.8, 4) is 0 Å². The van der Waals surface area contributed by atoms with E-state index in [2.05, 4.69) is 36.0 Å². The Kier molecular flexibility index (Phi) is 6.28. The van der Waals surface area contributed by atoms with Crippen molar-refractivity contribution in [1.82, 2.24) is 30.0 Å². The van der Waals surface area contributed by atoms with Crippen molar-refractivity contribution in [2.75, 3.05) is 57.4 Å². The predicted molar refractivity (Wildman–Crippen MR) is 132 cm³/mol. The number of aromatic amines is 1. The number of hydrogen-bond acceptors (Lipinski definition) is 8. The maximum absolute atomic E-state index is 14.3. The van der Waals surface area contributed by atoms with E-state index in [1.807, 2.05) is 0 Å². The molecule has 1 atom stereocenters. The quantitative estimate of drug-likeness (QED) is 0.432. The van der Waals surface area contributed by atoms with Gasteiger partial charge in [-0.2, -0.15) is 18.3 Å². The molecule has 3 aromatic heterocycles. The monoisotopic (exact) mass is 517 g/mol. The van der Waals surface area contributed by atoms with Gasteiger partial charge in [0.15, 0.2) is 0 Å². The number of ether oxygens (including phenoxy) is 1. The van der Waals surface area contributed by atoms with Gasteiger partial charge in [-0.15, -0.1) is 11.3 Å². The van der Waals surface area contributed by atoms with E-state index >= 15 is 0 Å². The molecule has 4 aromatic rings. The van der Waals surface area contributed by atoms with Gasteiger partial charge in [-0.05, 0) is 17.7 Å². The van der Waals surface area contributed by atoms with Crippen LogP contribution >= 0.6 is 11.3 Å². The van der Waals surface area contributed by atoms with Gasteiger partial charge in [0.1, 0.15) is 18.2 Å². The van der Waals surface area contributed by atoms with E-state index < -0.39 is 12.2 Å². The highest BCUT2D eigenvalue weighted by Gasteiger charge is 2.46. The standard InChI is InChI=1S/C24H26F3N7OS/c25-24(26,27)22(17-2-1-3-19-18(17)13-30-31-19)33-6-4-32(5-7-33)14-16-12-20-21(36-16)23(29-15-28-20)34-8-10-35-11-9-34/h1-3,12-13,15,22H,4-11,14H2,(H,30,31). The summed E-state index contributed by atoms with van der Waals surface area (Å²) in [6, 6.07) is 5.39. The third-order valence-electron chi connectivity index (χ3n) is 6.93. The largest absolute Gasteiger partial charge is 0.408 e. The summed E-state index contributed by atoms with van der Waals surface area (Å²) in [7, 11) is 0. The van der Waals surface area contributed by atoms with Crippen molar-refractivity contribution in [2.24, 2.45) is 0 Å². The summed E-state index contributed by atoms with van der Waals surface area (Å²) in [5.74, 6) is 0.936. The number of hydrogen-bond donors (Lipinski definition) is 1. The van der Waals surface area contributed by atoms with Crippen LogP contribution in [0.15, 0.2) is 36.8 Å². The molecule has 8 nitrogen and oxygen atoms in total. The summed E-state index contributed by atoms with van der Waals surface area (Å²) in [6.45, 7) is 5.44. The molecule has 0 amide bonds. The molecule has 0 aliphatic carbocycles. The lowest BCUT2D eigenvalue weighted by Gasteiger charge is -2.40. The Balaban J connectivity index is 1.17. The van der Waals surface area contributed by atoms with Crippen LogP contribution in [0.25, 0.3) is 21.1 Å². The number of rotatable bonds is 5. The van der Waals surface area contributed by atoms with Gasteiger partial charge in [0.05, 0.1) is 35.1 Å². The van der Waals surface area contributed by atoms with Crippen molar-refractivity contribution < 1.29 is 17.9 Å². The van der Waals surface area contributed by atoms with Crippen LogP contribution in [0.1, 0.15) is 16.5 Å². The van der Waals surface area contributed by atoms with E-state index in [4.69, 9.17) is 4.74 Å². The van der Waals surface area contributed by atoms with Crippen LogP contribution < -0.4 is 4.90 Å². The van der Waals surface area contributed by atoms with Crippen LogP contribution in [0, 0.1) is 0 Å². The minimum Gasteiger partial charge on any atom is -0.378 e. The molecular formula is C24H26F3N7OS. The van der Waals surface area contributed by atoms with Gasteiger partial charge in [0, 0.05) is 56.1 Å². The first-order valence-corrected chi connectivity index (χ1v) is 12.8. The Labute approximate surface area is 209 Å². The van der Waals surface area contributed by atoms with E-state index in [9.17, 15) is 13.2 Å². The summed E-state index contributed by atoms with van der Waals surface area (Å²) < 4.78 is 49.3. The smallest absolute Gasteiger partial charge is 0.378 e. The Morgan fingerprint density at radius 1 is 1.06 bits per heavy atom. The molecule has 6 rings (SSSR count). The van der Waals surface area contributed by atoms with Gasteiger partial charge in [0.25, 0.3) is 0 Å². The van der Waals surface area contributed by atoms with Crippen molar-refractivity contribution in [3.05, 3.63) is 47.2 Å². The first-order chi connectivity index (χ1) is 17.5. The third kappa shape index (κ3) is 4.54. The van der Waals surface area contributed by atoms with E-state index in [1.54, 1.807) is 40.8 Å². The predicted octanol–water partition coefficient (Wildman–Crippen LogP) is 3.83. The Morgan fingerprint density at radius 2 is 1.86 bits per heavy atom. The average Bonchev–Trinajstić information content (AvgIpc) is 3.52. The van der Waals surface area contributed by atoms with Crippen molar-refractivity contribution in [3.63, 3.8) is 0 Å². The Bertz CT molecular complexity index is 1340. The summed E-state index contributed by atoms with van der Waals surface area (Å²) in [6.07, 6.45) is -1.30. The number of nitrogens with one attached hydrogen (secondary N) is 1. The number of anilines is 1. The summed E-state index contributed by atoms with van der Waals surface area (Å²) in [4.78, 5) is 16.1. The van der Waals surface area contributed by atoms with Gasteiger partial charge < -0.3 is 9.64 Å². The molecule has 1 aromatic carbocycles. The highest BCUT2D eigenvalue weighted by atomic mass is 32.1. The molecule has 0 bridgehead atoms. The fraction of sp³-hybridized carbons (Fsp3) is 0.458. The lowest BCUT2D eigenvalue weighted by atomic mass is 10.00. The van der Waals surface area contributed by atoms with Crippen molar-refractivity contribution in [2.45, 2.75) is 18.8 Å². The maximum atomic E-state index is 14.3. The zero-order valence-electron chi connectivity index (χ0n) is 19.5. The molecule has 5 heterocycles. The number of H-pyrrole nitrogens is 1. The number of fused-ring (bicyclic) bond motifs is 2. The fourth-order valence-electron chi connectivity index (χ4n) is 5.18. The number of morpholine rings is 1. The first-order valence-electron chi connectivity index (χ1n) is 12.0. The molecule has 1 N–H and O–H groups in total. The molecule has 0 saturated carbocycles. The highest BCUT2D eigenvalue weighted by molar-refractivity contribution is 7.19. The number of benzene rings is 1. The topological polar surface area (TPSA) is 73.4 Å². The first kappa shape index (κ1) is 23.6. The molecule has 2 saturated heterocycles. The second-order valence-electron chi connectivity index (χ2n) is 9.16. The van der Waals surface area contributed by atoms with Crippen molar-refractivity contribution in [1.29, 1.82) is 0 Å². The molecule has 1 unspecified atom stereocenters. The Morgan fingerprint density at radius 3 is 2.64 bits per heavy atom. The van der Waals surface area contributed by atoms with E-state index in [-0.39, 0.29) is 5.56 Å². The van der Waals surface area contributed by atoms with Gasteiger partial charge in [-0.25, -0.2) is 9.97 Å². The second kappa shape index (κ2) is 9.58. The van der Waals surface area contributed by atoms with Crippen LogP contribution in [0.2, 0.25) is 0 Å². The summed E-state index contributed by atoms with van der Waals surface area (Å²) in [5.41, 5.74) is 1.78. The number of alkyl halides is 3. The number of aromatic nitrogens is 4. The van der Waals surface area contributed by atoms with Crippen LogP contribution in [0.5, 0.6) is 0 Å². The molecule has 2 aliphatic rings. The lowest BCUT2D eigenvalue weighted by Crippen LogP contribution is -2.50. The second-order valence-corrected chi connectivity index (χ2v) is 10.3. The molecule has 2 fully saturated rings. The van der Waals surface area contributed by atoms with E-state index in [0.717, 1.165) is 34.0 Å². The van der Waals surface area contributed by atoms with Gasteiger partial charge in [-0.1, -0.05) is 12.1 Å². The lowest BCUT2D eigenvalue weighted by molar-refractivity contribution is -0.190. The summed E-state index contributed by atoms with van der Waals surface area (Å²) in [5, 5.41) is 7.24. The molecule has 12 heteroatoms. The number of thiophene rings is 1. The number of piperazine rings is 1. The zero-order chi connectivity index (χ0) is 24.7. The van der Waals surface area contributed by atoms with Gasteiger partial charge >= 0.3 is 6.18 Å². The zero-order valence-corrected chi connectivity index (χ0v) is 20.4. The minimum absolute atomic E-state index is 0.251. The van der Waals surface area contributed by atoms with E-state index in [1.165, 1.54) is 6.20 Å². The summed E-state index contributed by atoms with van der Waals surface area (Å²) >= 11 is 1.67. The van der Waals surface area contributed by atoms with Crippen LogP contribution in [0.4, 0.5) is 19.0 Å². The number of halogens is 3. The molecule has 0 radical (unpaired) electrons. The van der Waals surface area contributed by atoms with Crippen LogP contribution in [-0.2, 0) is 11.3 Å².